The molecule has 2 aromatic carbocycles. The number of rotatable bonds is 5. The van der Waals surface area contributed by atoms with Gasteiger partial charge in [-0.1, -0.05) is 0 Å². The van der Waals surface area contributed by atoms with Crippen LogP contribution in [0.3, 0.4) is 0 Å². The Hall–Kier alpha value is -2.37. The molecule has 0 heterocycles. The van der Waals surface area contributed by atoms with E-state index < -0.39 is 17.6 Å². The van der Waals surface area contributed by atoms with E-state index in [2.05, 4.69) is 5.32 Å². The van der Waals surface area contributed by atoms with Crippen LogP contribution in [0.1, 0.15) is 22.3 Å². The quantitative estimate of drug-likeness (QED) is 0.649. The zero-order valence-electron chi connectivity index (χ0n) is 11.5. The molecular weight excluding hydrogens is 298 g/mol. The smallest absolute Gasteiger partial charge is 0.385 e. The van der Waals surface area contributed by atoms with Gasteiger partial charge in [0, 0.05) is 24.2 Å². The maximum Gasteiger partial charge on any atom is 0.416 e. The molecule has 2 rings (SSSR count). The molecule has 1 N–H and O–H groups in total. The average molecular weight is 311 g/mol. The Morgan fingerprint density at radius 1 is 0.955 bits per heavy atom. The molecule has 0 atom stereocenters. The molecule has 0 radical (unpaired) electrons. The van der Waals surface area contributed by atoms with Crippen molar-refractivity contribution in [3.63, 3.8) is 0 Å². The SMILES string of the molecule is O=C(CCNc1ccc(C(F)(F)F)cc1)c1ccc(F)cc1. The number of Topliss-reactive ketones (excluding diaryl/α,β-unsaturated/α-hetero) is 1. The van der Waals surface area contributed by atoms with Crippen molar-refractivity contribution >= 4 is 11.5 Å². The molecule has 0 bridgehead atoms. The van der Waals surface area contributed by atoms with Gasteiger partial charge in [0.15, 0.2) is 5.78 Å². The van der Waals surface area contributed by atoms with E-state index in [0.717, 1.165) is 12.1 Å². The first-order valence-electron chi connectivity index (χ1n) is 6.56. The zero-order chi connectivity index (χ0) is 16.2. The highest BCUT2D eigenvalue weighted by molar-refractivity contribution is 5.96. The monoisotopic (exact) mass is 311 g/mol. The number of hydrogen-bond acceptors (Lipinski definition) is 2. The van der Waals surface area contributed by atoms with Crippen molar-refractivity contribution in [1.82, 2.24) is 0 Å². The molecule has 0 unspecified atom stereocenters. The van der Waals surface area contributed by atoms with Gasteiger partial charge in [-0.3, -0.25) is 4.79 Å². The Labute approximate surface area is 124 Å². The number of benzene rings is 2. The fraction of sp³-hybridized carbons (Fsp3) is 0.188. The number of anilines is 1. The summed E-state index contributed by atoms with van der Waals surface area (Å²) in [5, 5.41) is 2.87. The lowest BCUT2D eigenvalue weighted by atomic mass is 10.1. The molecule has 0 fully saturated rings. The highest BCUT2D eigenvalue weighted by Gasteiger charge is 2.29. The van der Waals surface area contributed by atoms with Crippen LogP contribution in [0.5, 0.6) is 0 Å². The Morgan fingerprint density at radius 2 is 1.55 bits per heavy atom. The van der Waals surface area contributed by atoms with Crippen LogP contribution in [0.25, 0.3) is 0 Å². The second-order valence-electron chi connectivity index (χ2n) is 4.68. The Bertz CT molecular complexity index is 633. The van der Waals surface area contributed by atoms with Crippen molar-refractivity contribution in [1.29, 1.82) is 0 Å². The first-order chi connectivity index (χ1) is 10.4. The van der Waals surface area contributed by atoms with E-state index in [0.29, 0.717) is 11.3 Å². The van der Waals surface area contributed by atoms with Gasteiger partial charge in [0.2, 0.25) is 0 Å². The van der Waals surface area contributed by atoms with E-state index in [4.69, 9.17) is 0 Å². The van der Waals surface area contributed by atoms with Gasteiger partial charge < -0.3 is 5.32 Å². The maximum absolute atomic E-state index is 12.7. The van der Waals surface area contributed by atoms with E-state index in [1.165, 1.54) is 36.4 Å². The Morgan fingerprint density at radius 3 is 2.09 bits per heavy atom. The lowest BCUT2D eigenvalue weighted by Crippen LogP contribution is -2.09. The van der Waals surface area contributed by atoms with Gasteiger partial charge in [-0.15, -0.1) is 0 Å². The van der Waals surface area contributed by atoms with Crippen LogP contribution >= 0.6 is 0 Å². The number of ketones is 1. The van der Waals surface area contributed by atoms with Crippen molar-refractivity contribution in [2.75, 3.05) is 11.9 Å². The van der Waals surface area contributed by atoms with Gasteiger partial charge in [0.05, 0.1) is 5.56 Å². The molecule has 0 aromatic heterocycles. The summed E-state index contributed by atoms with van der Waals surface area (Å²) < 4.78 is 49.9. The van der Waals surface area contributed by atoms with Crippen LogP contribution in [-0.4, -0.2) is 12.3 Å². The van der Waals surface area contributed by atoms with Crippen molar-refractivity contribution in [2.45, 2.75) is 12.6 Å². The summed E-state index contributed by atoms with van der Waals surface area (Å²) in [6, 6.07) is 9.78. The zero-order valence-corrected chi connectivity index (χ0v) is 11.5. The lowest BCUT2D eigenvalue weighted by Gasteiger charge is -2.09. The molecule has 6 heteroatoms. The van der Waals surface area contributed by atoms with Crippen molar-refractivity contribution in [3.8, 4) is 0 Å². The summed E-state index contributed by atoms with van der Waals surface area (Å²) in [5.41, 5.74) is 0.177. The molecule has 0 aliphatic carbocycles. The first-order valence-corrected chi connectivity index (χ1v) is 6.56. The Kier molecular flexibility index (Phi) is 4.80. The molecule has 116 valence electrons. The van der Waals surface area contributed by atoms with Gasteiger partial charge in [0.25, 0.3) is 0 Å². The van der Waals surface area contributed by atoms with E-state index in [1.807, 2.05) is 0 Å². The molecule has 0 amide bonds. The molecular formula is C16H13F4NO. The van der Waals surface area contributed by atoms with E-state index >= 15 is 0 Å². The third kappa shape index (κ3) is 4.31. The molecule has 2 aromatic rings. The largest absolute Gasteiger partial charge is 0.416 e. The summed E-state index contributed by atoms with van der Waals surface area (Å²) in [4.78, 5) is 11.8. The number of alkyl halides is 3. The normalized spacial score (nSPS) is 11.3. The second kappa shape index (κ2) is 6.60. The number of nitrogens with one attached hydrogen (secondary N) is 1. The van der Waals surface area contributed by atoms with Crippen molar-refractivity contribution < 1.29 is 22.4 Å². The molecule has 0 saturated heterocycles. The second-order valence-corrected chi connectivity index (χ2v) is 4.68. The third-order valence-corrected chi connectivity index (χ3v) is 3.06. The van der Waals surface area contributed by atoms with Crippen LogP contribution in [-0.2, 0) is 6.18 Å². The lowest BCUT2D eigenvalue weighted by molar-refractivity contribution is -0.137. The van der Waals surface area contributed by atoms with Crippen LogP contribution < -0.4 is 5.32 Å². The van der Waals surface area contributed by atoms with Crippen LogP contribution in [0.2, 0.25) is 0 Å². The molecule has 22 heavy (non-hydrogen) atoms. The van der Waals surface area contributed by atoms with Gasteiger partial charge in [-0.25, -0.2) is 4.39 Å². The molecule has 2 nitrogen and oxygen atoms in total. The highest BCUT2D eigenvalue weighted by Crippen LogP contribution is 2.29. The highest BCUT2D eigenvalue weighted by atomic mass is 19.4. The molecule has 0 aliphatic heterocycles. The van der Waals surface area contributed by atoms with Gasteiger partial charge in [-0.05, 0) is 48.5 Å². The maximum atomic E-state index is 12.7. The number of carbonyl (C=O) groups excluding carboxylic acids is 1. The number of halogens is 4. The van der Waals surface area contributed by atoms with Gasteiger partial charge in [-0.2, -0.15) is 13.2 Å². The topological polar surface area (TPSA) is 29.1 Å². The third-order valence-electron chi connectivity index (χ3n) is 3.06. The Balaban J connectivity index is 1.86. The minimum atomic E-state index is -4.36. The van der Waals surface area contributed by atoms with Gasteiger partial charge >= 0.3 is 6.18 Å². The number of hydrogen-bond donors (Lipinski definition) is 1. The van der Waals surface area contributed by atoms with Crippen molar-refractivity contribution in [2.24, 2.45) is 0 Å². The van der Waals surface area contributed by atoms with Crippen LogP contribution in [0.4, 0.5) is 23.2 Å². The predicted octanol–water partition coefficient (Wildman–Crippen LogP) is 4.53. The minimum absolute atomic E-state index is 0.159. The predicted molar refractivity (Wildman–Crippen MR) is 75.3 cm³/mol. The van der Waals surface area contributed by atoms with E-state index in [9.17, 15) is 22.4 Å². The number of carbonyl (C=O) groups is 1. The first kappa shape index (κ1) is 16.0. The standard InChI is InChI=1S/C16H13F4NO/c17-13-5-1-11(2-6-13)15(22)9-10-21-14-7-3-12(4-8-14)16(18,19)20/h1-8,21H,9-10H2. The average Bonchev–Trinajstić information content (AvgIpc) is 2.47. The summed E-state index contributed by atoms with van der Waals surface area (Å²) >= 11 is 0. The van der Waals surface area contributed by atoms with Gasteiger partial charge in [0.1, 0.15) is 5.82 Å². The molecule has 0 aliphatic rings. The summed E-state index contributed by atoms with van der Waals surface area (Å²) in [6.45, 7) is 0.279. The molecule has 0 saturated carbocycles. The van der Waals surface area contributed by atoms with E-state index in [1.54, 1.807) is 0 Å². The van der Waals surface area contributed by atoms with E-state index in [-0.39, 0.29) is 18.7 Å². The van der Waals surface area contributed by atoms with Crippen molar-refractivity contribution in [3.05, 3.63) is 65.5 Å². The fourth-order valence-electron chi connectivity index (χ4n) is 1.88. The summed E-state index contributed by atoms with van der Waals surface area (Å²) in [5.74, 6) is -0.584. The minimum Gasteiger partial charge on any atom is -0.385 e. The van der Waals surface area contributed by atoms with Crippen LogP contribution in [0.15, 0.2) is 48.5 Å². The summed E-state index contributed by atoms with van der Waals surface area (Å²) in [7, 11) is 0. The fourth-order valence-corrected chi connectivity index (χ4v) is 1.88. The molecule has 0 spiro atoms. The summed E-state index contributed by atoms with van der Waals surface area (Å²) in [6.07, 6.45) is -4.20. The van der Waals surface area contributed by atoms with Crippen LogP contribution in [0, 0.1) is 5.82 Å².